The zero-order chi connectivity index (χ0) is 12.5. The van der Waals surface area contributed by atoms with Crippen molar-refractivity contribution in [2.45, 2.75) is 25.4 Å². The molecule has 0 spiro atoms. The molecule has 17 heavy (non-hydrogen) atoms. The third-order valence-corrected chi connectivity index (χ3v) is 4.02. The normalized spacial score (nSPS) is 16.1. The third-order valence-electron chi connectivity index (χ3n) is 2.36. The second kappa shape index (κ2) is 5.01. The molecular formula is C10H12BrFN2O2S. The van der Waals surface area contributed by atoms with Gasteiger partial charge in [0.05, 0.1) is 0 Å². The maximum Gasteiger partial charge on any atom is 0.277 e. The minimum Gasteiger partial charge on any atom is -0.207 e. The Balaban J connectivity index is 1.98. The molecule has 0 heterocycles. The summed E-state index contributed by atoms with van der Waals surface area (Å²) in [4.78, 5) is 0. The van der Waals surface area contributed by atoms with Crippen LogP contribution in [0.3, 0.4) is 0 Å². The van der Waals surface area contributed by atoms with Crippen molar-refractivity contribution in [1.29, 1.82) is 0 Å². The average molecular weight is 323 g/mol. The fraction of sp³-hybridized carbons (Fsp3) is 0.400. The highest BCUT2D eigenvalue weighted by atomic mass is 79.9. The standard InChI is InChI=1S/C10H12BrFN2O2S/c11-8-1-4-10(12)7(5-8)6-13-17(15,16)14-9-2-3-9/h1,4-5,9,13-14H,2-3,6H2. The molecule has 1 aromatic rings. The van der Waals surface area contributed by atoms with E-state index in [9.17, 15) is 12.8 Å². The van der Waals surface area contributed by atoms with Crippen LogP contribution in [0, 0.1) is 5.82 Å². The van der Waals surface area contributed by atoms with Crippen LogP contribution in [0.1, 0.15) is 18.4 Å². The van der Waals surface area contributed by atoms with Gasteiger partial charge in [-0.1, -0.05) is 15.9 Å². The van der Waals surface area contributed by atoms with E-state index in [0.29, 0.717) is 10.0 Å². The minimum atomic E-state index is -3.53. The second-order valence-electron chi connectivity index (χ2n) is 3.95. The average Bonchev–Trinajstić information content (AvgIpc) is 3.03. The van der Waals surface area contributed by atoms with E-state index in [2.05, 4.69) is 25.4 Å². The molecule has 0 unspecified atom stereocenters. The van der Waals surface area contributed by atoms with Crippen molar-refractivity contribution in [3.8, 4) is 0 Å². The van der Waals surface area contributed by atoms with Gasteiger partial charge in [0.25, 0.3) is 10.2 Å². The van der Waals surface area contributed by atoms with Gasteiger partial charge < -0.3 is 0 Å². The lowest BCUT2D eigenvalue weighted by Gasteiger charge is -2.08. The molecule has 4 nitrogen and oxygen atoms in total. The van der Waals surface area contributed by atoms with Gasteiger partial charge in [-0.3, -0.25) is 0 Å². The molecule has 1 aliphatic carbocycles. The molecule has 1 aromatic carbocycles. The lowest BCUT2D eigenvalue weighted by Crippen LogP contribution is -2.37. The summed E-state index contributed by atoms with van der Waals surface area (Å²) in [5.74, 6) is -0.428. The van der Waals surface area contributed by atoms with Gasteiger partial charge in [-0.25, -0.2) is 4.39 Å². The van der Waals surface area contributed by atoms with E-state index >= 15 is 0 Å². The van der Waals surface area contributed by atoms with Crippen LogP contribution in [-0.2, 0) is 16.8 Å². The number of nitrogens with one attached hydrogen (secondary N) is 2. The van der Waals surface area contributed by atoms with Gasteiger partial charge in [0.15, 0.2) is 0 Å². The first-order valence-corrected chi connectivity index (χ1v) is 7.45. The zero-order valence-corrected chi connectivity index (χ0v) is 11.3. The van der Waals surface area contributed by atoms with Crippen LogP contribution in [0.2, 0.25) is 0 Å². The molecule has 0 amide bonds. The molecule has 0 saturated heterocycles. The second-order valence-corrected chi connectivity index (χ2v) is 6.40. The molecule has 0 aliphatic heterocycles. The number of hydrogen-bond acceptors (Lipinski definition) is 2. The zero-order valence-electron chi connectivity index (χ0n) is 8.91. The molecule has 0 radical (unpaired) electrons. The summed E-state index contributed by atoms with van der Waals surface area (Å²) in [6.45, 7) is -0.0622. The van der Waals surface area contributed by atoms with E-state index < -0.39 is 16.0 Å². The van der Waals surface area contributed by atoms with Crippen LogP contribution in [0.5, 0.6) is 0 Å². The van der Waals surface area contributed by atoms with E-state index in [4.69, 9.17) is 0 Å². The summed E-state index contributed by atoms with van der Waals surface area (Å²) < 4.78 is 41.8. The predicted molar refractivity (Wildman–Crippen MR) is 66.0 cm³/mol. The van der Waals surface area contributed by atoms with Crippen LogP contribution in [0.4, 0.5) is 4.39 Å². The molecular weight excluding hydrogens is 311 g/mol. The number of rotatable bonds is 5. The highest BCUT2D eigenvalue weighted by Gasteiger charge is 2.26. The predicted octanol–water partition coefficient (Wildman–Crippen LogP) is 1.67. The van der Waals surface area contributed by atoms with E-state index in [-0.39, 0.29) is 12.6 Å². The van der Waals surface area contributed by atoms with Crippen molar-refractivity contribution in [3.63, 3.8) is 0 Å². The number of halogens is 2. The maximum absolute atomic E-state index is 13.3. The van der Waals surface area contributed by atoms with Crippen LogP contribution < -0.4 is 9.44 Å². The van der Waals surface area contributed by atoms with Crippen molar-refractivity contribution in [2.24, 2.45) is 0 Å². The van der Waals surface area contributed by atoms with Gasteiger partial charge in [0.1, 0.15) is 5.82 Å². The fourth-order valence-corrected chi connectivity index (χ4v) is 2.83. The van der Waals surface area contributed by atoms with Crippen LogP contribution in [0.15, 0.2) is 22.7 Å². The molecule has 1 saturated carbocycles. The summed E-state index contributed by atoms with van der Waals surface area (Å²) in [5, 5.41) is 0. The maximum atomic E-state index is 13.3. The van der Waals surface area contributed by atoms with Crippen molar-refractivity contribution < 1.29 is 12.8 Å². The SMILES string of the molecule is O=S(=O)(NCc1cc(Br)ccc1F)NC1CC1. The van der Waals surface area contributed by atoms with Crippen molar-refractivity contribution >= 4 is 26.1 Å². The molecule has 1 fully saturated rings. The van der Waals surface area contributed by atoms with E-state index in [1.165, 1.54) is 6.07 Å². The molecule has 0 atom stereocenters. The third kappa shape index (κ3) is 4.02. The molecule has 94 valence electrons. The Bertz CT molecular complexity index is 517. The monoisotopic (exact) mass is 322 g/mol. The number of hydrogen-bond donors (Lipinski definition) is 2. The van der Waals surface area contributed by atoms with Gasteiger partial charge in [-0.2, -0.15) is 17.9 Å². The molecule has 2 N–H and O–H groups in total. The molecule has 7 heteroatoms. The highest BCUT2D eigenvalue weighted by molar-refractivity contribution is 9.10. The lowest BCUT2D eigenvalue weighted by molar-refractivity contribution is 0.560. The Kier molecular flexibility index (Phi) is 3.82. The smallest absolute Gasteiger partial charge is 0.207 e. The van der Waals surface area contributed by atoms with Gasteiger partial charge >= 0.3 is 0 Å². The summed E-state index contributed by atoms with van der Waals surface area (Å²) in [6.07, 6.45) is 1.73. The first-order chi connectivity index (χ1) is 7.96. The van der Waals surface area contributed by atoms with Crippen molar-refractivity contribution in [3.05, 3.63) is 34.1 Å². The van der Waals surface area contributed by atoms with Crippen LogP contribution in [-0.4, -0.2) is 14.5 Å². The molecule has 0 aromatic heterocycles. The summed E-state index contributed by atoms with van der Waals surface area (Å²) >= 11 is 3.21. The quantitative estimate of drug-likeness (QED) is 0.866. The van der Waals surface area contributed by atoms with Crippen molar-refractivity contribution in [2.75, 3.05) is 0 Å². The van der Waals surface area contributed by atoms with Gasteiger partial charge in [0.2, 0.25) is 0 Å². The van der Waals surface area contributed by atoms with E-state index in [1.54, 1.807) is 12.1 Å². The summed E-state index contributed by atoms with van der Waals surface area (Å²) in [6, 6.07) is 4.45. The first kappa shape index (κ1) is 12.9. The summed E-state index contributed by atoms with van der Waals surface area (Å²) in [5.41, 5.74) is 0.306. The first-order valence-electron chi connectivity index (χ1n) is 5.17. The Morgan fingerprint density at radius 1 is 1.41 bits per heavy atom. The van der Waals surface area contributed by atoms with E-state index in [0.717, 1.165) is 12.8 Å². The van der Waals surface area contributed by atoms with Crippen LogP contribution in [0.25, 0.3) is 0 Å². The summed E-state index contributed by atoms with van der Waals surface area (Å²) in [7, 11) is -3.53. The molecule has 2 rings (SSSR count). The van der Waals surface area contributed by atoms with Gasteiger partial charge in [-0.05, 0) is 31.0 Å². The minimum absolute atomic E-state index is 0.0415. The topological polar surface area (TPSA) is 58.2 Å². The fourth-order valence-electron chi connectivity index (χ4n) is 1.31. The Morgan fingerprint density at radius 2 is 2.12 bits per heavy atom. The van der Waals surface area contributed by atoms with E-state index in [1.807, 2.05) is 0 Å². The lowest BCUT2D eigenvalue weighted by atomic mass is 10.2. The van der Waals surface area contributed by atoms with Gasteiger partial charge in [0, 0.05) is 22.6 Å². The Labute approximate surface area is 108 Å². The molecule has 0 bridgehead atoms. The largest absolute Gasteiger partial charge is 0.277 e. The number of benzene rings is 1. The molecule has 1 aliphatic rings. The van der Waals surface area contributed by atoms with Crippen LogP contribution >= 0.6 is 15.9 Å². The van der Waals surface area contributed by atoms with Gasteiger partial charge in [-0.15, -0.1) is 0 Å². The highest BCUT2D eigenvalue weighted by Crippen LogP contribution is 2.19. The Hall–Kier alpha value is -0.500. The Morgan fingerprint density at radius 3 is 2.76 bits per heavy atom. The van der Waals surface area contributed by atoms with Crippen molar-refractivity contribution in [1.82, 2.24) is 9.44 Å².